The Labute approximate surface area is 126 Å². The number of nitrogens with one attached hydrogen (secondary N) is 1. The SMILES string of the molecule is CCCCCCN=C(NC(=O)c1ccc(OC)cc1)OC. The zero-order valence-electron chi connectivity index (χ0n) is 13.0. The predicted octanol–water partition coefficient (Wildman–Crippen LogP) is 3.01. The van der Waals surface area contributed by atoms with Gasteiger partial charge in [-0.05, 0) is 30.7 Å². The molecule has 1 aromatic rings. The normalized spacial score (nSPS) is 11.1. The van der Waals surface area contributed by atoms with Crippen LogP contribution in [0.4, 0.5) is 0 Å². The van der Waals surface area contributed by atoms with Crippen molar-refractivity contribution in [3.63, 3.8) is 0 Å². The number of nitrogens with zero attached hydrogens (tertiary/aromatic N) is 1. The fourth-order valence-electron chi connectivity index (χ4n) is 1.79. The van der Waals surface area contributed by atoms with Gasteiger partial charge < -0.3 is 9.47 Å². The summed E-state index contributed by atoms with van der Waals surface area (Å²) in [5.41, 5.74) is 0.534. The lowest BCUT2D eigenvalue weighted by molar-refractivity contribution is 0.0968. The van der Waals surface area contributed by atoms with Gasteiger partial charge in [-0.1, -0.05) is 26.2 Å². The summed E-state index contributed by atoms with van der Waals surface area (Å²) in [4.78, 5) is 16.3. The Balaban J connectivity index is 2.50. The third-order valence-electron chi connectivity index (χ3n) is 3.03. The molecule has 0 fully saturated rings. The molecule has 0 heterocycles. The molecule has 0 radical (unpaired) electrons. The Kier molecular flexibility index (Phi) is 7.94. The molecule has 0 aliphatic rings. The van der Waals surface area contributed by atoms with E-state index in [0.717, 1.165) is 12.8 Å². The average Bonchev–Trinajstić information content (AvgIpc) is 2.53. The fraction of sp³-hybridized carbons (Fsp3) is 0.500. The lowest BCUT2D eigenvalue weighted by Crippen LogP contribution is -2.32. The lowest BCUT2D eigenvalue weighted by Gasteiger charge is -2.08. The zero-order valence-corrected chi connectivity index (χ0v) is 13.0. The van der Waals surface area contributed by atoms with E-state index in [1.807, 2.05) is 0 Å². The van der Waals surface area contributed by atoms with Crippen molar-refractivity contribution < 1.29 is 14.3 Å². The van der Waals surface area contributed by atoms with Crippen molar-refractivity contribution in [2.45, 2.75) is 32.6 Å². The van der Waals surface area contributed by atoms with Gasteiger partial charge in [-0.25, -0.2) is 4.99 Å². The molecule has 0 aliphatic heterocycles. The van der Waals surface area contributed by atoms with Crippen LogP contribution in [0.5, 0.6) is 5.75 Å². The summed E-state index contributed by atoms with van der Waals surface area (Å²) >= 11 is 0. The molecule has 116 valence electrons. The smallest absolute Gasteiger partial charge is 0.291 e. The maximum absolute atomic E-state index is 12.0. The summed E-state index contributed by atoms with van der Waals surface area (Å²) in [5.74, 6) is 0.468. The Morgan fingerprint density at radius 3 is 2.43 bits per heavy atom. The predicted molar refractivity (Wildman–Crippen MR) is 83.9 cm³/mol. The third kappa shape index (κ3) is 6.29. The average molecular weight is 292 g/mol. The van der Waals surface area contributed by atoms with Gasteiger partial charge in [0.2, 0.25) is 0 Å². The van der Waals surface area contributed by atoms with Crippen molar-refractivity contribution >= 4 is 11.9 Å². The zero-order chi connectivity index (χ0) is 15.5. The molecule has 0 saturated heterocycles. The number of amides is 1. The summed E-state index contributed by atoms with van der Waals surface area (Å²) in [6, 6.07) is 7.13. The van der Waals surface area contributed by atoms with Crippen molar-refractivity contribution in [3.8, 4) is 5.75 Å². The number of methoxy groups -OCH3 is 2. The molecule has 1 rings (SSSR count). The van der Waals surface area contributed by atoms with Crippen LogP contribution < -0.4 is 10.1 Å². The summed E-state index contributed by atoms with van der Waals surface area (Å²) in [6.45, 7) is 2.82. The number of hydrogen-bond acceptors (Lipinski definition) is 4. The van der Waals surface area contributed by atoms with Crippen molar-refractivity contribution in [3.05, 3.63) is 29.8 Å². The van der Waals surface area contributed by atoms with E-state index >= 15 is 0 Å². The first-order valence-corrected chi connectivity index (χ1v) is 7.25. The number of unbranched alkanes of at least 4 members (excludes halogenated alkanes) is 3. The Bertz CT molecular complexity index is 455. The van der Waals surface area contributed by atoms with Gasteiger partial charge >= 0.3 is 0 Å². The number of amidine groups is 1. The quantitative estimate of drug-likeness (QED) is 0.477. The third-order valence-corrected chi connectivity index (χ3v) is 3.03. The molecule has 1 N–H and O–H groups in total. The molecule has 0 aliphatic carbocycles. The lowest BCUT2D eigenvalue weighted by atomic mass is 10.2. The van der Waals surface area contributed by atoms with E-state index in [1.165, 1.54) is 20.0 Å². The van der Waals surface area contributed by atoms with Crippen LogP contribution in [0.3, 0.4) is 0 Å². The van der Waals surface area contributed by atoms with Crippen LogP contribution in [-0.2, 0) is 4.74 Å². The van der Waals surface area contributed by atoms with E-state index in [4.69, 9.17) is 9.47 Å². The van der Waals surface area contributed by atoms with E-state index in [1.54, 1.807) is 31.4 Å². The van der Waals surface area contributed by atoms with E-state index in [-0.39, 0.29) is 11.9 Å². The second-order valence-corrected chi connectivity index (χ2v) is 4.63. The second-order valence-electron chi connectivity index (χ2n) is 4.63. The largest absolute Gasteiger partial charge is 0.497 e. The minimum absolute atomic E-state index is 0.244. The van der Waals surface area contributed by atoms with Gasteiger partial charge in [-0.2, -0.15) is 0 Å². The van der Waals surface area contributed by atoms with E-state index in [2.05, 4.69) is 17.2 Å². The molecular weight excluding hydrogens is 268 g/mol. The summed E-state index contributed by atoms with van der Waals surface area (Å²) in [6.07, 6.45) is 4.54. The van der Waals surface area contributed by atoms with E-state index in [0.29, 0.717) is 17.9 Å². The van der Waals surface area contributed by atoms with Crippen LogP contribution in [0.15, 0.2) is 29.3 Å². The Hall–Kier alpha value is -2.04. The summed E-state index contributed by atoms with van der Waals surface area (Å²) in [7, 11) is 3.09. The van der Waals surface area contributed by atoms with Gasteiger partial charge in [0.25, 0.3) is 11.9 Å². The molecule has 0 atom stereocenters. The van der Waals surface area contributed by atoms with Gasteiger partial charge in [0.1, 0.15) is 5.75 Å². The number of benzene rings is 1. The molecule has 21 heavy (non-hydrogen) atoms. The first-order chi connectivity index (χ1) is 10.2. The molecule has 0 spiro atoms. The van der Waals surface area contributed by atoms with Gasteiger partial charge in [0.05, 0.1) is 14.2 Å². The number of carbonyl (C=O) groups is 1. The highest BCUT2D eigenvalue weighted by molar-refractivity contribution is 6.04. The van der Waals surface area contributed by atoms with Gasteiger partial charge in [0, 0.05) is 12.1 Å². The molecule has 0 bridgehead atoms. The monoisotopic (exact) mass is 292 g/mol. The molecule has 5 nitrogen and oxygen atoms in total. The van der Waals surface area contributed by atoms with Crippen molar-refractivity contribution in [2.75, 3.05) is 20.8 Å². The standard InChI is InChI=1S/C16H24N2O3/c1-4-5-6-7-12-17-16(21-3)18-15(19)13-8-10-14(20-2)11-9-13/h8-11H,4-7,12H2,1-3H3,(H,17,18,19). The molecule has 1 aromatic carbocycles. The van der Waals surface area contributed by atoms with Crippen LogP contribution in [-0.4, -0.2) is 32.7 Å². The fourth-order valence-corrected chi connectivity index (χ4v) is 1.79. The number of hydrogen-bond donors (Lipinski definition) is 1. The van der Waals surface area contributed by atoms with E-state index in [9.17, 15) is 4.79 Å². The van der Waals surface area contributed by atoms with Gasteiger partial charge in [-0.3, -0.25) is 10.1 Å². The topological polar surface area (TPSA) is 59.9 Å². The molecule has 0 unspecified atom stereocenters. The highest BCUT2D eigenvalue weighted by atomic mass is 16.5. The van der Waals surface area contributed by atoms with E-state index < -0.39 is 0 Å². The van der Waals surface area contributed by atoms with Crippen LogP contribution >= 0.6 is 0 Å². The van der Waals surface area contributed by atoms with Crippen molar-refractivity contribution in [1.82, 2.24) is 5.32 Å². The van der Waals surface area contributed by atoms with Crippen LogP contribution in [0.1, 0.15) is 43.0 Å². The highest BCUT2D eigenvalue weighted by Crippen LogP contribution is 2.11. The molecule has 0 aromatic heterocycles. The summed E-state index contributed by atoms with van der Waals surface area (Å²) in [5, 5.41) is 2.66. The van der Waals surface area contributed by atoms with Crippen molar-refractivity contribution in [2.24, 2.45) is 4.99 Å². The highest BCUT2D eigenvalue weighted by Gasteiger charge is 2.09. The molecular formula is C16H24N2O3. The van der Waals surface area contributed by atoms with Gasteiger partial charge in [0.15, 0.2) is 0 Å². The van der Waals surface area contributed by atoms with Crippen LogP contribution in [0.25, 0.3) is 0 Å². The number of rotatable bonds is 7. The number of aliphatic imine (C=N–C) groups is 1. The minimum atomic E-state index is -0.244. The molecule has 0 saturated carbocycles. The number of ether oxygens (including phenoxy) is 2. The Morgan fingerprint density at radius 2 is 1.86 bits per heavy atom. The van der Waals surface area contributed by atoms with Crippen molar-refractivity contribution in [1.29, 1.82) is 0 Å². The first kappa shape index (κ1) is 17.0. The van der Waals surface area contributed by atoms with Gasteiger partial charge in [-0.15, -0.1) is 0 Å². The first-order valence-electron chi connectivity index (χ1n) is 7.25. The molecule has 1 amide bonds. The van der Waals surface area contributed by atoms with Crippen LogP contribution in [0.2, 0.25) is 0 Å². The minimum Gasteiger partial charge on any atom is -0.497 e. The summed E-state index contributed by atoms with van der Waals surface area (Å²) < 4.78 is 10.1. The second kappa shape index (κ2) is 9.80. The maximum atomic E-state index is 12.0. The maximum Gasteiger partial charge on any atom is 0.291 e. The number of carbonyl (C=O) groups excluding carboxylic acids is 1. The Morgan fingerprint density at radius 1 is 1.14 bits per heavy atom. The van der Waals surface area contributed by atoms with Crippen LogP contribution in [0, 0.1) is 0 Å². The molecule has 5 heteroatoms.